The SMILES string of the molecule is N#Cc1cccc(S(=O)(=O)c2cnc3ccccc3c2)c1. The van der Waals surface area contributed by atoms with Crippen LogP contribution in [0.1, 0.15) is 5.56 Å². The van der Waals surface area contributed by atoms with Gasteiger partial charge in [-0.05, 0) is 30.3 Å². The van der Waals surface area contributed by atoms with Crippen LogP contribution in [0.3, 0.4) is 0 Å². The molecule has 0 radical (unpaired) electrons. The maximum atomic E-state index is 12.6. The molecule has 4 nitrogen and oxygen atoms in total. The molecule has 0 amide bonds. The molecule has 0 spiro atoms. The van der Waals surface area contributed by atoms with Crippen LogP contribution in [-0.4, -0.2) is 13.4 Å². The molecule has 3 aromatic rings. The molecule has 1 aromatic heterocycles. The van der Waals surface area contributed by atoms with Gasteiger partial charge in [-0.1, -0.05) is 24.3 Å². The highest BCUT2D eigenvalue weighted by molar-refractivity contribution is 7.91. The van der Waals surface area contributed by atoms with Gasteiger partial charge < -0.3 is 0 Å². The van der Waals surface area contributed by atoms with Gasteiger partial charge in [0.05, 0.1) is 26.9 Å². The summed E-state index contributed by atoms with van der Waals surface area (Å²) in [5, 5.41) is 9.64. The number of aromatic nitrogens is 1. The van der Waals surface area contributed by atoms with Crippen molar-refractivity contribution in [2.75, 3.05) is 0 Å². The fourth-order valence-corrected chi connectivity index (χ4v) is 3.35. The summed E-state index contributed by atoms with van der Waals surface area (Å²) in [6, 6.07) is 16.8. The smallest absolute Gasteiger partial charge is 0.208 e. The zero-order chi connectivity index (χ0) is 14.9. The second-order valence-corrected chi connectivity index (χ2v) is 6.46. The van der Waals surface area contributed by atoms with Crippen molar-refractivity contribution in [1.29, 1.82) is 5.26 Å². The standard InChI is InChI=1S/C16H10N2O2S/c17-10-12-4-3-6-14(8-12)21(19,20)15-9-13-5-1-2-7-16(13)18-11-15/h1-9,11H. The minimum atomic E-state index is -3.68. The van der Waals surface area contributed by atoms with Gasteiger partial charge in [0.15, 0.2) is 0 Å². The lowest BCUT2D eigenvalue weighted by atomic mass is 10.2. The quantitative estimate of drug-likeness (QED) is 0.728. The number of benzene rings is 2. The number of hydrogen-bond acceptors (Lipinski definition) is 4. The van der Waals surface area contributed by atoms with Crippen LogP contribution < -0.4 is 0 Å². The minimum absolute atomic E-state index is 0.0960. The minimum Gasteiger partial charge on any atom is -0.255 e. The molecule has 0 unspecified atom stereocenters. The third-order valence-electron chi connectivity index (χ3n) is 3.15. The molecule has 0 aliphatic heterocycles. The number of hydrogen-bond donors (Lipinski definition) is 0. The van der Waals surface area contributed by atoms with Crippen LogP contribution >= 0.6 is 0 Å². The molecule has 0 saturated heterocycles. The monoisotopic (exact) mass is 294 g/mol. The van der Waals surface area contributed by atoms with E-state index in [-0.39, 0.29) is 9.79 Å². The molecule has 2 aromatic carbocycles. The Morgan fingerprint density at radius 3 is 2.57 bits per heavy atom. The summed E-state index contributed by atoms with van der Waals surface area (Å²) in [7, 11) is -3.68. The highest BCUT2D eigenvalue weighted by Crippen LogP contribution is 2.23. The van der Waals surface area contributed by atoms with E-state index >= 15 is 0 Å². The molecule has 0 fully saturated rings. The van der Waals surface area contributed by atoms with E-state index in [0.29, 0.717) is 5.56 Å². The lowest BCUT2D eigenvalue weighted by Crippen LogP contribution is -2.03. The van der Waals surface area contributed by atoms with Gasteiger partial charge in [-0.3, -0.25) is 4.98 Å². The van der Waals surface area contributed by atoms with Crippen LogP contribution in [0.2, 0.25) is 0 Å². The lowest BCUT2D eigenvalue weighted by molar-refractivity contribution is 0.596. The molecule has 0 N–H and O–H groups in total. The zero-order valence-corrected chi connectivity index (χ0v) is 11.7. The van der Waals surface area contributed by atoms with E-state index in [9.17, 15) is 8.42 Å². The van der Waals surface area contributed by atoms with Crippen LogP contribution in [0, 0.1) is 11.3 Å². The summed E-state index contributed by atoms with van der Waals surface area (Å²) in [5.41, 5.74) is 1.05. The van der Waals surface area contributed by atoms with Gasteiger partial charge in [-0.25, -0.2) is 8.42 Å². The first-order chi connectivity index (χ1) is 10.1. The van der Waals surface area contributed by atoms with Gasteiger partial charge in [0, 0.05) is 11.6 Å². The largest absolute Gasteiger partial charge is 0.255 e. The van der Waals surface area contributed by atoms with Crippen molar-refractivity contribution in [1.82, 2.24) is 4.98 Å². The zero-order valence-electron chi connectivity index (χ0n) is 10.9. The van der Waals surface area contributed by atoms with Crippen molar-refractivity contribution in [3.05, 3.63) is 66.4 Å². The molecule has 0 bridgehead atoms. The summed E-state index contributed by atoms with van der Waals surface area (Å²) >= 11 is 0. The Kier molecular flexibility index (Phi) is 3.16. The maximum Gasteiger partial charge on any atom is 0.208 e. The molecular weight excluding hydrogens is 284 g/mol. The van der Waals surface area contributed by atoms with E-state index in [1.807, 2.05) is 30.3 Å². The molecule has 21 heavy (non-hydrogen) atoms. The van der Waals surface area contributed by atoms with E-state index in [1.165, 1.54) is 18.3 Å². The number of rotatable bonds is 2. The molecule has 3 rings (SSSR count). The number of fused-ring (bicyclic) bond motifs is 1. The van der Waals surface area contributed by atoms with Crippen molar-refractivity contribution >= 4 is 20.7 Å². The van der Waals surface area contributed by atoms with Crippen molar-refractivity contribution in [3.63, 3.8) is 0 Å². The average Bonchev–Trinajstić information content (AvgIpc) is 2.54. The van der Waals surface area contributed by atoms with E-state index in [1.54, 1.807) is 18.2 Å². The van der Waals surface area contributed by atoms with Crippen LogP contribution in [0.15, 0.2) is 70.6 Å². The van der Waals surface area contributed by atoms with E-state index in [0.717, 1.165) is 10.9 Å². The van der Waals surface area contributed by atoms with Crippen LogP contribution in [0.5, 0.6) is 0 Å². The summed E-state index contributed by atoms with van der Waals surface area (Å²) in [4.78, 5) is 4.39. The number of nitriles is 1. The molecule has 1 heterocycles. The van der Waals surface area contributed by atoms with Gasteiger partial charge in [0.1, 0.15) is 0 Å². The second-order valence-electron chi connectivity index (χ2n) is 4.51. The highest BCUT2D eigenvalue weighted by Gasteiger charge is 2.18. The summed E-state index contributed by atoms with van der Waals surface area (Å²) in [5.74, 6) is 0. The Labute approximate surface area is 122 Å². The topological polar surface area (TPSA) is 70.8 Å². The third-order valence-corrected chi connectivity index (χ3v) is 4.87. The van der Waals surface area contributed by atoms with Gasteiger partial charge >= 0.3 is 0 Å². The van der Waals surface area contributed by atoms with Gasteiger partial charge in [0.25, 0.3) is 0 Å². The highest BCUT2D eigenvalue weighted by atomic mass is 32.2. The molecule has 5 heteroatoms. The van der Waals surface area contributed by atoms with Crippen molar-refractivity contribution in [2.45, 2.75) is 9.79 Å². The third kappa shape index (κ3) is 2.37. The normalized spacial score (nSPS) is 11.2. The second kappa shape index (κ2) is 5.00. The fourth-order valence-electron chi connectivity index (χ4n) is 2.07. The number of nitrogens with zero attached hydrogens (tertiary/aromatic N) is 2. The molecular formula is C16H10N2O2S. The molecule has 0 atom stereocenters. The Bertz CT molecular complexity index is 973. The Hall–Kier alpha value is -2.71. The lowest BCUT2D eigenvalue weighted by Gasteiger charge is -2.06. The Balaban J connectivity index is 2.17. The predicted octanol–water partition coefficient (Wildman–Crippen LogP) is 2.94. The van der Waals surface area contributed by atoms with Crippen LogP contribution in [-0.2, 0) is 9.84 Å². The molecule has 0 saturated carbocycles. The number of pyridine rings is 1. The van der Waals surface area contributed by atoms with Gasteiger partial charge in [0.2, 0.25) is 9.84 Å². The fraction of sp³-hybridized carbons (Fsp3) is 0. The maximum absolute atomic E-state index is 12.6. The first-order valence-electron chi connectivity index (χ1n) is 6.21. The van der Waals surface area contributed by atoms with Gasteiger partial charge in [-0.2, -0.15) is 5.26 Å². The number of para-hydroxylation sites is 1. The van der Waals surface area contributed by atoms with Crippen molar-refractivity contribution < 1.29 is 8.42 Å². The van der Waals surface area contributed by atoms with Gasteiger partial charge in [-0.15, -0.1) is 0 Å². The van der Waals surface area contributed by atoms with Crippen LogP contribution in [0.25, 0.3) is 10.9 Å². The van der Waals surface area contributed by atoms with E-state index < -0.39 is 9.84 Å². The van der Waals surface area contributed by atoms with E-state index in [4.69, 9.17) is 5.26 Å². The first-order valence-corrected chi connectivity index (χ1v) is 7.69. The summed E-state index contributed by atoms with van der Waals surface area (Å²) in [6.45, 7) is 0. The summed E-state index contributed by atoms with van der Waals surface area (Å²) < 4.78 is 25.2. The van der Waals surface area contributed by atoms with Crippen molar-refractivity contribution in [2.24, 2.45) is 0 Å². The molecule has 0 aliphatic carbocycles. The predicted molar refractivity (Wildman–Crippen MR) is 78.4 cm³/mol. The van der Waals surface area contributed by atoms with Crippen molar-refractivity contribution in [3.8, 4) is 6.07 Å². The first kappa shape index (κ1) is 13.3. The Morgan fingerprint density at radius 2 is 1.76 bits per heavy atom. The van der Waals surface area contributed by atoms with E-state index in [2.05, 4.69) is 4.98 Å². The Morgan fingerprint density at radius 1 is 0.952 bits per heavy atom. The number of sulfone groups is 1. The average molecular weight is 294 g/mol. The summed E-state index contributed by atoms with van der Waals surface area (Å²) in [6.07, 6.45) is 1.34. The van der Waals surface area contributed by atoms with Crippen LogP contribution in [0.4, 0.5) is 0 Å². The molecule has 102 valence electrons. The molecule has 0 aliphatic rings.